The molecule has 1 aliphatic rings. The number of rotatable bonds is 4. The van der Waals surface area contributed by atoms with Crippen LogP contribution in [0.1, 0.15) is 31.9 Å². The summed E-state index contributed by atoms with van der Waals surface area (Å²) in [5, 5.41) is 6.52. The Balaban J connectivity index is 1.84. The molecular weight excluding hydrogens is 332 g/mol. The fourth-order valence-electron chi connectivity index (χ4n) is 3.17. The first-order chi connectivity index (χ1) is 12.3. The minimum absolute atomic E-state index is 0.0315. The molecule has 1 heterocycles. The summed E-state index contributed by atoms with van der Waals surface area (Å²) in [4.78, 5) is 2.39. The third-order valence-electron chi connectivity index (χ3n) is 4.68. The number of hydrogen-bond donors (Lipinski definition) is 2. The first kappa shape index (κ1) is 18.6. The van der Waals surface area contributed by atoms with Crippen LogP contribution in [-0.4, -0.2) is 26.2 Å². The van der Waals surface area contributed by atoms with Crippen LogP contribution in [-0.2, 0) is 12.0 Å². The van der Waals surface area contributed by atoms with Crippen molar-refractivity contribution in [1.29, 1.82) is 0 Å². The number of nitrogens with zero attached hydrogens (tertiary/aromatic N) is 1. The highest BCUT2D eigenvalue weighted by Gasteiger charge is 2.18. The zero-order valence-electron chi connectivity index (χ0n) is 15.7. The molecule has 1 aliphatic heterocycles. The smallest absolute Gasteiger partial charge is 0.128 e. The number of benzene rings is 2. The van der Waals surface area contributed by atoms with Crippen LogP contribution < -0.4 is 15.5 Å². The maximum Gasteiger partial charge on any atom is 0.128 e. The Morgan fingerprint density at radius 2 is 1.62 bits per heavy atom. The lowest BCUT2D eigenvalue weighted by Crippen LogP contribution is -2.43. The van der Waals surface area contributed by atoms with Crippen molar-refractivity contribution in [3.8, 4) is 0 Å². The Morgan fingerprint density at radius 3 is 2.23 bits per heavy atom. The first-order valence-corrected chi connectivity index (χ1v) is 9.11. The molecule has 2 aromatic rings. The lowest BCUT2D eigenvalue weighted by Gasteiger charge is -2.31. The summed E-state index contributed by atoms with van der Waals surface area (Å²) in [6.07, 6.45) is 0. The number of nitrogens with one attached hydrogen (secondary N) is 2. The van der Waals surface area contributed by atoms with E-state index in [1.807, 2.05) is 0 Å². The molecule has 1 saturated heterocycles. The highest BCUT2D eigenvalue weighted by atomic mass is 19.1. The molecule has 5 heteroatoms. The maximum atomic E-state index is 13.4. The molecular formula is C21H27F2N3. The number of anilines is 2. The molecule has 26 heavy (non-hydrogen) atoms. The zero-order valence-corrected chi connectivity index (χ0v) is 15.7. The van der Waals surface area contributed by atoms with Crippen LogP contribution in [0.5, 0.6) is 0 Å². The van der Waals surface area contributed by atoms with Crippen LogP contribution in [0.4, 0.5) is 20.2 Å². The van der Waals surface area contributed by atoms with Crippen molar-refractivity contribution in [3.05, 3.63) is 59.2 Å². The van der Waals surface area contributed by atoms with Crippen molar-refractivity contribution in [3.63, 3.8) is 0 Å². The van der Waals surface area contributed by atoms with Crippen LogP contribution in [0.3, 0.4) is 0 Å². The molecule has 0 spiro atoms. The zero-order chi connectivity index (χ0) is 18.7. The predicted molar refractivity (Wildman–Crippen MR) is 104 cm³/mol. The second-order valence-electron chi connectivity index (χ2n) is 7.89. The third kappa shape index (κ3) is 4.73. The standard InChI is InChI=1S/C21H27F2N3/c1-21(2,3)16-8-15(9-20(10-16)26-6-4-24-5-7-26)14-25-19-12-17(22)11-18(23)13-19/h8-13,24-25H,4-7,14H2,1-3H3. The molecule has 0 saturated carbocycles. The minimum Gasteiger partial charge on any atom is -0.381 e. The molecule has 0 radical (unpaired) electrons. The highest BCUT2D eigenvalue weighted by molar-refractivity contribution is 5.54. The van der Waals surface area contributed by atoms with Crippen LogP contribution in [0, 0.1) is 11.6 Å². The van der Waals surface area contributed by atoms with E-state index in [0.717, 1.165) is 37.8 Å². The van der Waals surface area contributed by atoms with Gasteiger partial charge in [-0.2, -0.15) is 0 Å². The van der Waals surface area contributed by atoms with Gasteiger partial charge >= 0.3 is 0 Å². The molecule has 0 bridgehead atoms. The molecule has 2 aromatic carbocycles. The predicted octanol–water partition coefficient (Wildman–Crippen LogP) is 4.28. The quantitative estimate of drug-likeness (QED) is 0.853. The van der Waals surface area contributed by atoms with Crippen molar-refractivity contribution >= 4 is 11.4 Å². The molecule has 140 valence electrons. The second kappa shape index (κ2) is 7.62. The molecule has 0 atom stereocenters. The van der Waals surface area contributed by atoms with Crippen LogP contribution in [0.25, 0.3) is 0 Å². The Bertz CT molecular complexity index is 742. The van der Waals surface area contributed by atoms with Crippen molar-refractivity contribution in [2.45, 2.75) is 32.7 Å². The molecule has 0 amide bonds. The Kier molecular flexibility index (Phi) is 5.47. The van der Waals surface area contributed by atoms with Gasteiger partial charge in [-0.3, -0.25) is 0 Å². The van der Waals surface area contributed by atoms with Gasteiger partial charge in [0.25, 0.3) is 0 Å². The van der Waals surface area contributed by atoms with E-state index in [1.54, 1.807) is 0 Å². The summed E-state index contributed by atoms with van der Waals surface area (Å²) in [5.74, 6) is -1.14. The summed E-state index contributed by atoms with van der Waals surface area (Å²) in [5.41, 5.74) is 4.06. The fraction of sp³-hybridized carbons (Fsp3) is 0.429. The van der Waals surface area contributed by atoms with E-state index in [1.165, 1.54) is 23.4 Å². The third-order valence-corrected chi connectivity index (χ3v) is 4.68. The van der Waals surface area contributed by atoms with Gasteiger partial charge in [-0.05, 0) is 40.8 Å². The SMILES string of the molecule is CC(C)(C)c1cc(CNc2cc(F)cc(F)c2)cc(N2CCNCC2)c1. The van der Waals surface area contributed by atoms with Gasteiger partial charge in [0.1, 0.15) is 11.6 Å². The highest BCUT2D eigenvalue weighted by Crippen LogP contribution is 2.29. The van der Waals surface area contributed by atoms with Gasteiger partial charge in [0, 0.05) is 50.2 Å². The van der Waals surface area contributed by atoms with Gasteiger partial charge in [-0.1, -0.05) is 26.8 Å². The molecule has 2 N–H and O–H groups in total. The molecule has 0 unspecified atom stereocenters. The number of hydrogen-bond acceptors (Lipinski definition) is 3. The average molecular weight is 359 g/mol. The summed E-state index contributed by atoms with van der Waals surface area (Å²) in [6.45, 7) is 11.0. The van der Waals surface area contributed by atoms with E-state index in [4.69, 9.17) is 0 Å². The number of piperazine rings is 1. The summed E-state index contributed by atoms with van der Waals surface area (Å²) in [7, 11) is 0. The van der Waals surface area contributed by atoms with Crippen LogP contribution in [0.2, 0.25) is 0 Å². The molecule has 3 nitrogen and oxygen atoms in total. The van der Waals surface area contributed by atoms with Gasteiger partial charge in [0.05, 0.1) is 0 Å². The van der Waals surface area contributed by atoms with E-state index in [9.17, 15) is 8.78 Å². The Labute approximate surface area is 154 Å². The normalized spacial score (nSPS) is 15.2. The van der Waals surface area contributed by atoms with E-state index in [0.29, 0.717) is 12.2 Å². The minimum atomic E-state index is -0.572. The lowest BCUT2D eigenvalue weighted by molar-refractivity contribution is 0.579. The Morgan fingerprint density at radius 1 is 0.962 bits per heavy atom. The molecule has 0 aromatic heterocycles. The molecule has 0 aliphatic carbocycles. The average Bonchev–Trinajstić information content (AvgIpc) is 2.59. The van der Waals surface area contributed by atoms with E-state index < -0.39 is 11.6 Å². The van der Waals surface area contributed by atoms with Gasteiger partial charge in [0.2, 0.25) is 0 Å². The fourth-order valence-corrected chi connectivity index (χ4v) is 3.17. The van der Waals surface area contributed by atoms with Gasteiger partial charge in [0.15, 0.2) is 0 Å². The summed E-state index contributed by atoms with van der Waals surface area (Å²) < 4.78 is 26.8. The lowest BCUT2D eigenvalue weighted by atomic mass is 9.85. The second-order valence-corrected chi connectivity index (χ2v) is 7.89. The van der Waals surface area contributed by atoms with Gasteiger partial charge in [-0.15, -0.1) is 0 Å². The van der Waals surface area contributed by atoms with Crippen LogP contribution >= 0.6 is 0 Å². The summed E-state index contributed by atoms with van der Waals surface area (Å²) >= 11 is 0. The monoisotopic (exact) mass is 359 g/mol. The molecule has 3 rings (SSSR count). The van der Waals surface area contributed by atoms with Gasteiger partial charge < -0.3 is 15.5 Å². The van der Waals surface area contributed by atoms with Crippen molar-refractivity contribution < 1.29 is 8.78 Å². The van der Waals surface area contributed by atoms with E-state index >= 15 is 0 Å². The Hall–Kier alpha value is -2.14. The molecule has 1 fully saturated rings. The van der Waals surface area contributed by atoms with Crippen molar-refractivity contribution in [2.24, 2.45) is 0 Å². The largest absolute Gasteiger partial charge is 0.381 e. The number of halogens is 2. The van der Waals surface area contributed by atoms with Crippen molar-refractivity contribution in [1.82, 2.24) is 5.32 Å². The topological polar surface area (TPSA) is 27.3 Å². The van der Waals surface area contributed by atoms with Gasteiger partial charge in [-0.25, -0.2) is 8.78 Å². The first-order valence-electron chi connectivity index (χ1n) is 9.11. The van der Waals surface area contributed by atoms with E-state index in [2.05, 4.69) is 54.5 Å². The van der Waals surface area contributed by atoms with Crippen molar-refractivity contribution in [2.75, 3.05) is 36.4 Å². The van der Waals surface area contributed by atoms with Crippen LogP contribution in [0.15, 0.2) is 36.4 Å². The maximum absolute atomic E-state index is 13.4. The summed E-state index contributed by atoms with van der Waals surface area (Å²) in [6, 6.07) is 10.1. The van der Waals surface area contributed by atoms with E-state index in [-0.39, 0.29) is 5.41 Å².